The van der Waals surface area contributed by atoms with Crippen molar-refractivity contribution >= 4 is 33.8 Å². The summed E-state index contributed by atoms with van der Waals surface area (Å²) in [7, 11) is 0. The normalized spacial score (nSPS) is 13.1. The molecule has 0 atom stereocenters. The third kappa shape index (κ3) is 8.40. The highest BCUT2D eigenvalue weighted by molar-refractivity contribution is 7.20. The van der Waals surface area contributed by atoms with Crippen LogP contribution in [-0.4, -0.2) is 23.0 Å². The minimum absolute atomic E-state index is 0.0743. The highest BCUT2D eigenvalue weighted by atomic mass is 19.2. The number of benzene rings is 5. The van der Waals surface area contributed by atoms with Crippen molar-refractivity contribution in [1.29, 1.82) is 0 Å². The van der Waals surface area contributed by atoms with Crippen molar-refractivity contribution in [2.24, 2.45) is 0 Å². The fourth-order valence-corrected chi connectivity index (χ4v) is 7.70. The molecule has 1 heterocycles. The summed E-state index contributed by atoms with van der Waals surface area (Å²) in [5.41, 5.74) is -13.6. The molecule has 1 fully saturated rings. The molecule has 0 radical (unpaired) electrons. The molecule has 354 valence electrons. The molecule has 7 rings (SSSR count). The summed E-state index contributed by atoms with van der Waals surface area (Å²) in [5.74, 6) is -70.7. The van der Waals surface area contributed by atoms with E-state index >= 15 is 35.1 Å². The van der Waals surface area contributed by atoms with Gasteiger partial charge in [0.2, 0.25) is 12.3 Å². The largest absolute Gasteiger partial charge is 0.440 e. The fraction of sp³-hybridized carbons (Fsp3) is 0.167. The lowest BCUT2D eigenvalue weighted by Gasteiger charge is -2.44. The van der Waals surface area contributed by atoms with Crippen LogP contribution in [0.5, 0.6) is 5.88 Å². The van der Waals surface area contributed by atoms with E-state index in [0.29, 0.717) is 5.88 Å². The Morgan fingerprint density at radius 1 is 0.478 bits per heavy atom. The smallest absolute Gasteiger partial charge is 0.387 e. The molecule has 0 amide bonds. The molecular formula is C42H21BF20N2O2. The van der Waals surface area contributed by atoms with E-state index < -0.39 is 144 Å². The fourth-order valence-electron chi connectivity index (χ4n) is 7.70. The van der Waals surface area contributed by atoms with Crippen LogP contribution in [0, 0.1) is 116 Å². The van der Waals surface area contributed by atoms with Crippen molar-refractivity contribution in [2.75, 3.05) is 0 Å². The Kier molecular flexibility index (Phi) is 14.3. The van der Waals surface area contributed by atoms with Crippen molar-refractivity contribution in [3.63, 3.8) is 0 Å². The summed E-state index contributed by atoms with van der Waals surface area (Å²) in [6, 6.07) is 9.35. The van der Waals surface area contributed by atoms with Crippen LogP contribution in [0.1, 0.15) is 42.5 Å². The molecule has 6 aromatic rings. The highest BCUT2D eigenvalue weighted by Crippen LogP contribution is 2.31. The summed E-state index contributed by atoms with van der Waals surface area (Å²) < 4.78 is 302. The number of aromatic nitrogens is 2. The van der Waals surface area contributed by atoms with E-state index in [0.717, 1.165) is 18.4 Å². The van der Waals surface area contributed by atoms with Crippen LogP contribution in [0.25, 0.3) is 0 Å². The monoisotopic (exact) mass is 976 g/mol. The van der Waals surface area contributed by atoms with Crippen molar-refractivity contribution < 1.29 is 102 Å². The van der Waals surface area contributed by atoms with E-state index in [1.54, 1.807) is 18.6 Å². The average Bonchev–Trinajstić information content (AvgIpc) is 3.32. The van der Waals surface area contributed by atoms with Gasteiger partial charge in [-0.05, 0) is 25.7 Å². The summed E-state index contributed by atoms with van der Waals surface area (Å²) >= 11 is 0. The number of nitrogens with zero attached hydrogens (tertiary/aromatic N) is 2. The average molecular weight is 976 g/mol. The number of halogens is 20. The minimum atomic E-state index is -7.22. The van der Waals surface area contributed by atoms with Gasteiger partial charge in [-0.2, -0.15) is 4.57 Å². The topological polar surface area (TPSA) is 43.1 Å². The summed E-state index contributed by atoms with van der Waals surface area (Å²) in [4.78, 5) is 16.5. The minimum Gasteiger partial charge on any atom is -0.440 e. The summed E-state index contributed by atoms with van der Waals surface area (Å²) in [5, 5.41) is 0. The van der Waals surface area contributed by atoms with Crippen LogP contribution in [-0.2, 0) is 6.54 Å². The highest BCUT2D eigenvalue weighted by Gasteiger charge is 2.52. The predicted molar refractivity (Wildman–Crippen MR) is 192 cm³/mol. The van der Waals surface area contributed by atoms with Gasteiger partial charge in [0.15, 0.2) is 76.0 Å². The first kappa shape index (κ1) is 49.7. The molecule has 0 aliphatic heterocycles. The van der Waals surface area contributed by atoms with Crippen molar-refractivity contribution in [3.8, 4) is 5.88 Å². The molecule has 0 unspecified atom stereocenters. The van der Waals surface area contributed by atoms with Gasteiger partial charge in [0.25, 0.3) is 0 Å². The van der Waals surface area contributed by atoms with Gasteiger partial charge in [-0.25, -0.2) is 92.8 Å². The lowest BCUT2D eigenvalue weighted by molar-refractivity contribution is -0.689. The first-order chi connectivity index (χ1) is 31.5. The number of Topliss-reactive ketones (excluding diaryl/α,β-unsaturated/α-hetero) is 1. The zero-order chi connectivity index (χ0) is 49.6. The molecule has 0 bridgehead atoms. The van der Waals surface area contributed by atoms with Crippen LogP contribution in [0.15, 0.2) is 48.9 Å². The zero-order valence-electron chi connectivity index (χ0n) is 32.8. The van der Waals surface area contributed by atoms with Gasteiger partial charge in [-0.15, -0.1) is 21.9 Å². The van der Waals surface area contributed by atoms with Crippen LogP contribution in [0.3, 0.4) is 0 Å². The number of rotatable bonds is 9. The van der Waals surface area contributed by atoms with Gasteiger partial charge in [0.1, 0.15) is 65.0 Å². The summed E-state index contributed by atoms with van der Waals surface area (Å²) in [6.07, 6.45) is 4.11. The molecule has 1 aromatic heterocycles. The van der Waals surface area contributed by atoms with E-state index in [1.807, 2.05) is 34.9 Å². The molecule has 5 aromatic carbocycles. The Labute approximate surface area is 362 Å². The van der Waals surface area contributed by atoms with Gasteiger partial charge in [0.05, 0.1) is 6.20 Å². The van der Waals surface area contributed by atoms with Crippen LogP contribution >= 0.6 is 0 Å². The van der Waals surface area contributed by atoms with Gasteiger partial charge >= 0.3 is 5.88 Å². The van der Waals surface area contributed by atoms with Gasteiger partial charge in [-0.3, -0.25) is 4.79 Å². The molecular weight excluding hydrogens is 955 g/mol. The number of hydrogen-bond acceptors (Lipinski definition) is 3. The van der Waals surface area contributed by atoms with Crippen LogP contribution in [0.2, 0.25) is 0 Å². The SMILES string of the molecule is Fc1c(F)c(F)c([B-](c2c(F)c(F)c(F)c(F)c2F)(c2c(F)c(F)c(F)c(F)c2F)c2c(F)c(F)c(F)c(F)c2F)c(F)c1F.O=C(C[n+]1ccncc1OC1CCCCC1)c1ccccc1. The maximum Gasteiger partial charge on any atom is 0.387 e. The molecule has 1 aliphatic carbocycles. The molecule has 0 spiro atoms. The first-order valence-corrected chi connectivity index (χ1v) is 18.8. The van der Waals surface area contributed by atoms with E-state index in [1.165, 1.54) is 19.3 Å². The number of carbonyl (C=O) groups is 1. The third-order valence-corrected chi connectivity index (χ3v) is 10.8. The van der Waals surface area contributed by atoms with Crippen LogP contribution in [0.4, 0.5) is 87.8 Å². The molecule has 25 heteroatoms. The Morgan fingerprint density at radius 3 is 1.12 bits per heavy atom. The third-order valence-electron chi connectivity index (χ3n) is 10.8. The van der Waals surface area contributed by atoms with Crippen LogP contribution < -0.4 is 31.2 Å². The van der Waals surface area contributed by atoms with E-state index in [9.17, 15) is 57.5 Å². The molecule has 4 nitrogen and oxygen atoms in total. The Balaban J connectivity index is 0.000000279. The maximum atomic E-state index is 15.4. The zero-order valence-corrected chi connectivity index (χ0v) is 32.8. The predicted octanol–water partition coefficient (Wildman–Crippen LogP) is 8.81. The second-order valence-corrected chi connectivity index (χ2v) is 14.5. The van der Waals surface area contributed by atoms with Gasteiger partial charge in [0, 0.05) is 5.56 Å². The second-order valence-electron chi connectivity index (χ2n) is 14.5. The maximum absolute atomic E-state index is 15.4. The Morgan fingerprint density at radius 2 is 0.791 bits per heavy atom. The number of hydrogen-bond donors (Lipinski definition) is 0. The lowest BCUT2D eigenvalue weighted by Crippen LogP contribution is -2.81. The second kappa shape index (κ2) is 19.3. The molecule has 0 N–H and O–H groups in total. The molecule has 1 aliphatic rings. The Hall–Kier alpha value is -6.69. The van der Waals surface area contributed by atoms with E-state index in [-0.39, 0.29) is 18.4 Å². The van der Waals surface area contributed by atoms with Crippen molar-refractivity contribution in [2.45, 2.75) is 44.8 Å². The van der Waals surface area contributed by atoms with E-state index in [4.69, 9.17) is 4.74 Å². The first-order valence-electron chi connectivity index (χ1n) is 18.8. The van der Waals surface area contributed by atoms with Crippen molar-refractivity contribution in [3.05, 3.63) is 171 Å². The number of ketones is 1. The van der Waals surface area contributed by atoms with Gasteiger partial charge in [-0.1, -0.05) is 36.8 Å². The quantitative estimate of drug-likeness (QED) is 0.0364. The Bertz CT molecular complexity index is 2550. The van der Waals surface area contributed by atoms with Crippen molar-refractivity contribution in [1.82, 2.24) is 4.98 Å². The van der Waals surface area contributed by atoms with Gasteiger partial charge < -0.3 is 4.74 Å². The standard InChI is InChI=1S/C24BF20.C18H21N2O2/c26-5-1(6(27)14(35)21(42)13(5)34)25(2-7(28)15(36)22(43)16(37)8(2)29,3-9(30)17(38)23(44)18(39)10(3)31)4-11(32)19(40)24(45)20(41)12(4)33;21-17(15-7-3-1-4-8-15)14-20-12-11-19-13-18(20)22-16-9-5-2-6-10-16/h;1,3-4,7-8,11-13,16H,2,5-6,9-10,14H2/q-1;+1. The molecule has 67 heavy (non-hydrogen) atoms. The van der Waals surface area contributed by atoms with E-state index in [2.05, 4.69) is 4.98 Å². The molecule has 1 saturated carbocycles. The lowest BCUT2D eigenvalue weighted by atomic mass is 9.12. The number of carbonyl (C=O) groups excluding carboxylic acids is 1. The summed E-state index contributed by atoms with van der Waals surface area (Å²) in [6.45, 7) is 0.272. The number of ether oxygens (including phenoxy) is 1. The molecule has 0 saturated heterocycles.